The van der Waals surface area contributed by atoms with Crippen molar-refractivity contribution in [2.75, 3.05) is 7.11 Å². The number of hydrogen-bond donors (Lipinski definition) is 1. The lowest BCUT2D eigenvalue weighted by Gasteiger charge is -2.13. The molecular formula is C24H17Br2ClN2O4. The summed E-state index contributed by atoms with van der Waals surface area (Å²) in [7, 11) is 1.53. The number of ether oxygens (including phenoxy) is 2. The van der Waals surface area contributed by atoms with E-state index in [0.29, 0.717) is 34.3 Å². The molecular weight excluding hydrogens is 576 g/mol. The van der Waals surface area contributed by atoms with Crippen LogP contribution in [0.5, 0.6) is 11.5 Å². The standard InChI is InChI=1S/C24H17Br2ClN2O4/c1-31-20-8-15(7-19(27)23(20)32-13-14-5-3-2-4-6-14)12-28-29-24(30)21-10-16-9-17(25)11-18(26)22(16)33-21/h2-12H,13H2,1H3,(H,29,30)/b28-12-. The summed E-state index contributed by atoms with van der Waals surface area (Å²) in [6.07, 6.45) is 1.46. The number of amides is 1. The third kappa shape index (κ3) is 5.58. The van der Waals surface area contributed by atoms with Crippen LogP contribution in [0.2, 0.25) is 5.02 Å². The van der Waals surface area contributed by atoms with Gasteiger partial charge in [0, 0.05) is 9.86 Å². The summed E-state index contributed by atoms with van der Waals surface area (Å²) in [5.74, 6) is 0.551. The molecule has 3 aromatic carbocycles. The number of benzene rings is 3. The number of carbonyl (C=O) groups excluding carboxylic acids is 1. The molecule has 0 saturated carbocycles. The van der Waals surface area contributed by atoms with E-state index in [9.17, 15) is 4.79 Å². The Morgan fingerprint density at radius 1 is 1.15 bits per heavy atom. The van der Waals surface area contributed by atoms with Gasteiger partial charge in [0.25, 0.3) is 0 Å². The van der Waals surface area contributed by atoms with Crippen molar-refractivity contribution in [2.45, 2.75) is 6.61 Å². The molecule has 1 aromatic heterocycles. The van der Waals surface area contributed by atoms with Gasteiger partial charge < -0.3 is 13.9 Å². The second kappa shape index (κ2) is 10.4. The van der Waals surface area contributed by atoms with Crippen molar-refractivity contribution in [1.82, 2.24) is 5.43 Å². The first-order valence-electron chi connectivity index (χ1n) is 9.71. The molecule has 33 heavy (non-hydrogen) atoms. The average molecular weight is 593 g/mol. The van der Waals surface area contributed by atoms with E-state index in [-0.39, 0.29) is 5.76 Å². The van der Waals surface area contributed by atoms with Gasteiger partial charge in [-0.1, -0.05) is 57.9 Å². The Labute approximate surface area is 211 Å². The van der Waals surface area contributed by atoms with Gasteiger partial charge in [-0.2, -0.15) is 5.10 Å². The Hall–Kier alpha value is -2.81. The third-order valence-corrected chi connectivity index (χ3v) is 5.94. The molecule has 0 fully saturated rings. The first-order valence-corrected chi connectivity index (χ1v) is 11.7. The van der Waals surface area contributed by atoms with E-state index in [1.54, 1.807) is 18.2 Å². The predicted molar refractivity (Wildman–Crippen MR) is 135 cm³/mol. The SMILES string of the molecule is COc1cc(/C=N\NC(=O)c2cc3cc(Br)cc(Br)c3o2)cc(Cl)c1OCc1ccccc1. The van der Waals surface area contributed by atoms with Crippen LogP contribution in [0.1, 0.15) is 21.7 Å². The lowest BCUT2D eigenvalue weighted by Crippen LogP contribution is -2.16. The minimum Gasteiger partial charge on any atom is -0.493 e. The van der Waals surface area contributed by atoms with Gasteiger partial charge in [0.1, 0.15) is 12.2 Å². The highest BCUT2D eigenvalue weighted by Crippen LogP contribution is 2.36. The van der Waals surface area contributed by atoms with Gasteiger partial charge in [-0.05, 0) is 57.4 Å². The number of methoxy groups -OCH3 is 1. The predicted octanol–water partition coefficient (Wildman–Crippen LogP) is 6.96. The van der Waals surface area contributed by atoms with Crippen molar-refractivity contribution < 1.29 is 18.7 Å². The van der Waals surface area contributed by atoms with E-state index in [2.05, 4.69) is 42.4 Å². The maximum atomic E-state index is 12.4. The maximum Gasteiger partial charge on any atom is 0.307 e. The second-order valence-corrected chi connectivity index (χ2v) is 9.10. The minimum absolute atomic E-state index is 0.140. The molecule has 0 saturated heterocycles. The number of nitrogens with one attached hydrogen (secondary N) is 1. The smallest absolute Gasteiger partial charge is 0.307 e. The number of hydrazone groups is 1. The Morgan fingerprint density at radius 3 is 2.70 bits per heavy atom. The fourth-order valence-corrected chi connectivity index (χ4v) is 4.71. The largest absolute Gasteiger partial charge is 0.493 e. The third-order valence-electron chi connectivity index (χ3n) is 4.62. The zero-order chi connectivity index (χ0) is 23.4. The van der Waals surface area contributed by atoms with Crippen molar-refractivity contribution in [2.24, 2.45) is 5.10 Å². The Morgan fingerprint density at radius 2 is 1.94 bits per heavy atom. The van der Waals surface area contributed by atoms with Crippen molar-refractivity contribution in [3.05, 3.63) is 91.5 Å². The second-order valence-electron chi connectivity index (χ2n) is 6.92. The zero-order valence-corrected chi connectivity index (χ0v) is 21.2. The normalized spacial score (nSPS) is 11.2. The fourth-order valence-electron chi connectivity index (χ4n) is 3.09. The van der Waals surface area contributed by atoms with Crippen LogP contribution < -0.4 is 14.9 Å². The van der Waals surface area contributed by atoms with Crippen LogP contribution in [-0.4, -0.2) is 19.2 Å². The number of hydrogen-bond acceptors (Lipinski definition) is 5. The van der Waals surface area contributed by atoms with E-state index in [0.717, 1.165) is 19.9 Å². The van der Waals surface area contributed by atoms with Gasteiger partial charge in [0.15, 0.2) is 17.3 Å². The number of nitrogens with zero attached hydrogens (tertiary/aromatic N) is 1. The summed E-state index contributed by atoms with van der Waals surface area (Å²) >= 11 is 13.3. The molecule has 4 aromatic rings. The maximum absolute atomic E-state index is 12.4. The summed E-state index contributed by atoms with van der Waals surface area (Å²) in [6, 6.07) is 18.5. The Kier molecular flexibility index (Phi) is 7.37. The molecule has 0 atom stereocenters. The summed E-state index contributed by atoms with van der Waals surface area (Å²) in [5, 5.41) is 5.16. The van der Waals surface area contributed by atoms with Gasteiger partial charge >= 0.3 is 5.91 Å². The molecule has 0 bridgehead atoms. The van der Waals surface area contributed by atoms with Crippen LogP contribution in [0.3, 0.4) is 0 Å². The molecule has 0 spiro atoms. The van der Waals surface area contributed by atoms with Crippen LogP contribution >= 0.6 is 43.5 Å². The lowest BCUT2D eigenvalue weighted by atomic mass is 10.2. The minimum atomic E-state index is -0.480. The average Bonchev–Trinajstić information content (AvgIpc) is 3.23. The van der Waals surface area contributed by atoms with Gasteiger partial charge in [0.2, 0.25) is 0 Å². The van der Waals surface area contributed by atoms with E-state index in [1.807, 2.05) is 42.5 Å². The van der Waals surface area contributed by atoms with Crippen molar-refractivity contribution >= 4 is 66.6 Å². The van der Waals surface area contributed by atoms with Crippen LogP contribution in [0, 0.1) is 0 Å². The molecule has 1 amide bonds. The summed E-state index contributed by atoms with van der Waals surface area (Å²) in [5.41, 5.74) is 4.67. The number of rotatable bonds is 7. The van der Waals surface area contributed by atoms with Gasteiger partial charge in [-0.15, -0.1) is 0 Å². The summed E-state index contributed by atoms with van der Waals surface area (Å²) < 4.78 is 18.5. The van der Waals surface area contributed by atoms with Crippen LogP contribution in [0.4, 0.5) is 0 Å². The Balaban J connectivity index is 1.46. The Bertz CT molecular complexity index is 1340. The number of carbonyl (C=O) groups is 1. The highest BCUT2D eigenvalue weighted by Gasteiger charge is 2.15. The molecule has 0 aliphatic heterocycles. The molecule has 6 nitrogen and oxygen atoms in total. The molecule has 4 rings (SSSR count). The quantitative estimate of drug-likeness (QED) is 0.186. The van der Waals surface area contributed by atoms with Gasteiger partial charge in [-0.3, -0.25) is 4.79 Å². The van der Waals surface area contributed by atoms with E-state index < -0.39 is 5.91 Å². The van der Waals surface area contributed by atoms with Crippen molar-refractivity contribution in [3.63, 3.8) is 0 Å². The van der Waals surface area contributed by atoms with Crippen LogP contribution in [-0.2, 0) is 6.61 Å². The topological polar surface area (TPSA) is 73.1 Å². The number of fused-ring (bicyclic) bond motifs is 1. The molecule has 0 aliphatic carbocycles. The van der Waals surface area contributed by atoms with Crippen molar-refractivity contribution in [1.29, 1.82) is 0 Å². The number of furan rings is 1. The van der Waals surface area contributed by atoms with Crippen molar-refractivity contribution in [3.8, 4) is 11.5 Å². The van der Waals surface area contributed by atoms with Gasteiger partial charge in [-0.25, -0.2) is 5.43 Å². The summed E-state index contributed by atoms with van der Waals surface area (Å²) in [4.78, 5) is 12.4. The highest BCUT2D eigenvalue weighted by atomic mass is 79.9. The van der Waals surface area contributed by atoms with E-state index in [1.165, 1.54) is 13.3 Å². The van der Waals surface area contributed by atoms with E-state index in [4.69, 9.17) is 25.5 Å². The highest BCUT2D eigenvalue weighted by molar-refractivity contribution is 9.11. The van der Waals surface area contributed by atoms with Gasteiger partial charge in [0.05, 0.1) is 22.8 Å². The lowest BCUT2D eigenvalue weighted by molar-refractivity contribution is 0.0929. The molecule has 1 N–H and O–H groups in total. The molecule has 0 aliphatic rings. The van der Waals surface area contributed by atoms with Crippen LogP contribution in [0.25, 0.3) is 11.0 Å². The first-order chi connectivity index (χ1) is 15.9. The fraction of sp³-hybridized carbons (Fsp3) is 0.0833. The molecule has 0 unspecified atom stereocenters. The molecule has 0 radical (unpaired) electrons. The molecule has 168 valence electrons. The summed E-state index contributed by atoms with van der Waals surface area (Å²) in [6.45, 7) is 0.352. The first kappa shape index (κ1) is 23.4. The zero-order valence-electron chi connectivity index (χ0n) is 17.3. The van der Waals surface area contributed by atoms with E-state index >= 15 is 0 Å². The molecule has 1 heterocycles. The van der Waals surface area contributed by atoms with Crippen LogP contribution in [0.15, 0.2) is 79.1 Å². The number of halogens is 3. The molecule has 9 heteroatoms. The monoisotopic (exact) mass is 590 g/mol.